The van der Waals surface area contributed by atoms with Crippen LogP contribution in [0, 0.1) is 0 Å². The Labute approximate surface area is 145 Å². The summed E-state index contributed by atoms with van der Waals surface area (Å²) in [6.07, 6.45) is -10.6. The summed E-state index contributed by atoms with van der Waals surface area (Å²) in [5.41, 5.74) is 0. The third kappa shape index (κ3) is 4.95. The highest BCUT2D eigenvalue weighted by Gasteiger charge is 2.79. The maximum Gasteiger partial charge on any atom is 0.490 e. The Morgan fingerprint density at radius 3 is 1.44 bits per heavy atom. The van der Waals surface area contributed by atoms with Crippen molar-refractivity contribution in [3.63, 3.8) is 0 Å². The van der Waals surface area contributed by atoms with E-state index in [4.69, 9.17) is 34.9 Å². The number of aliphatic hydroxyl groups is 5. The maximum absolute atomic E-state index is 13.7. The zero-order chi connectivity index (χ0) is 21.9. The molecule has 27 heavy (non-hydrogen) atoms. The number of phosphoric acid groups is 3. The monoisotopic (exact) mass is 474 g/mol. The van der Waals surface area contributed by atoms with Gasteiger partial charge in [0.15, 0.2) is 0 Å². The predicted molar refractivity (Wildman–Crippen MR) is 68.9 cm³/mol. The average Bonchev–Trinajstić information content (AvgIpc) is 2.37. The second kappa shape index (κ2) is 7.05. The highest BCUT2D eigenvalue weighted by molar-refractivity contribution is 7.66. The van der Waals surface area contributed by atoms with Crippen LogP contribution in [0.25, 0.3) is 0 Å². The maximum atomic E-state index is 13.7. The van der Waals surface area contributed by atoms with Gasteiger partial charge in [0, 0.05) is 0 Å². The largest absolute Gasteiger partial charge is 0.490 e. The fourth-order valence-corrected chi connectivity index (χ4v) is 5.01. The van der Waals surface area contributed by atoms with Crippen LogP contribution in [0.3, 0.4) is 0 Å². The van der Waals surface area contributed by atoms with Gasteiger partial charge in [-0.05, 0) is 0 Å². The number of hydrogen-bond donors (Lipinski definition) is 9. The van der Waals surface area contributed by atoms with Crippen molar-refractivity contribution in [2.75, 3.05) is 0 Å². The van der Waals surface area contributed by atoms with E-state index in [0.29, 0.717) is 0 Å². The molecule has 9 N–H and O–H groups in total. The SMILES string of the molecule is O=P(O)(O)OP(=O)(O)OP(=O)(O)OC1[C@@H](O)[C@](O)(F)C(O)(F)[C@](O)(F)[C@@H]1O. The molecule has 0 amide bonds. The molecule has 0 aliphatic heterocycles. The van der Waals surface area contributed by atoms with E-state index in [9.17, 15) is 37.1 Å². The van der Waals surface area contributed by atoms with E-state index in [1.165, 1.54) is 0 Å². The first-order valence-electron chi connectivity index (χ1n) is 5.99. The van der Waals surface area contributed by atoms with Crippen LogP contribution in [0.2, 0.25) is 0 Å². The van der Waals surface area contributed by atoms with Gasteiger partial charge in [0.05, 0.1) is 0 Å². The van der Waals surface area contributed by atoms with E-state index >= 15 is 0 Å². The smallest absolute Gasteiger partial charge is 0.384 e. The standard InChI is InChI=1S/C6H12F3O15P3/c7-4(12)2(10)1(3(11)5(8,13)6(4,9)14)22-26(18,19)24-27(20,21)23-25(15,16)17/h1-3,10-14H,(H,18,19)(H,20,21)(H2,15,16,17)/t1?,2-,3-,4-,5+,6?/m1/s1. The molecule has 1 saturated carbocycles. The Bertz CT molecular complexity index is 694. The number of hydrogen-bond acceptors (Lipinski definition) is 11. The molecular formula is C6H12F3O15P3. The third-order valence-corrected chi connectivity index (χ3v) is 6.84. The first-order chi connectivity index (χ1) is 11.6. The molecule has 0 radical (unpaired) electrons. The topological polar surface area (TPSA) is 261 Å². The van der Waals surface area contributed by atoms with Gasteiger partial charge in [-0.2, -0.15) is 13.0 Å². The van der Waals surface area contributed by atoms with Gasteiger partial charge in [0.1, 0.15) is 18.3 Å². The summed E-state index contributed by atoms with van der Waals surface area (Å²) in [6, 6.07) is 0. The Hall–Kier alpha value is -0.0000000000000000208. The van der Waals surface area contributed by atoms with Crippen LogP contribution in [-0.4, -0.2) is 81.0 Å². The van der Waals surface area contributed by atoms with Crippen molar-refractivity contribution < 1.29 is 85.1 Å². The molecule has 0 saturated heterocycles. The molecule has 0 spiro atoms. The fraction of sp³-hybridized carbons (Fsp3) is 1.00. The van der Waals surface area contributed by atoms with Gasteiger partial charge in [-0.3, -0.25) is 4.52 Å². The van der Waals surface area contributed by atoms with E-state index in [-0.39, 0.29) is 0 Å². The predicted octanol–water partition coefficient (Wildman–Crippen LogP) is -2.59. The molecule has 0 heterocycles. The molecule has 0 aromatic carbocycles. The highest BCUT2D eigenvalue weighted by Crippen LogP contribution is 2.67. The molecule has 15 nitrogen and oxygen atoms in total. The summed E-state index contributed by atoms with van der Waals surface area (Å²) in [4.78, 5) is 34.6. The van der Waals surface area contributed by atoms with Gasteiger partial charge in [0.2, 0.25) is 0 Å². The molecule has 0 bridgehead atoms. The molecule has 8 atom stereocenters. The molecule has 162 valence electrons. The summed E-state index contributed by atoms with van der Waals surface area (Å²) in [5, 5.41) is 45.5. The summed E-state index contributed by atoms with van der Waals surface area (Å²) < 4.78 is 84.2. The van der Waals surface area contributed by atoms with Gasteiger partial charge < -0.3 is 45.1 Å². The van der Waals surface area contributed by atoms with Crippen molar-refractivity contribution in [2.24, 2.45) is 0 Å². The third-order valence-electron chi connectivity index (χ3n) is 3.01. The second-order valence-electron chi connectivity index (χ2n) is 5.02. The average molecular weight is 474 g/mol. The molecule has 4 unspecified atom stereocenters. The Morgan fingerprint density at radius 1 is 0.741 bits per heavy atom. The van der Waals surface area contributed by atoms with Gasteiger partial charge in [-0.25, -0.2) is 22.5 Å². The number of rotatable bonds is 6. The molecule has 21 heteroatoms. The van der Waals surface area contributed by atoms with Crippen LogP contribution < -0.4 is 0 Å². The van der Waals surface area contributed by atoms with Crippen molar-refractivity contribution >= 4 is 23.5 Å². The van der Waals surface area contributed by atoms with E-state index < -0.39 is 59.3 Å². The number of alkyl halides is 3. The highest BCUT2D eigenvalue weighted by atomic mass is 31.3. The van der Waals surface area contributed by atoms with E-state index in [1.54, 1.807) is 0 Å². The molecule has 0 aromatic heterocycles. The quantitative estimate of drug-likeness (QED) is 0.179. The minimum Gasteiger partial charge on any atom is -0.384 e. The van der Waals surface area contributed by atoms with Gasteiger partial charge in [-0.1, -0.05) is 0 Å². The lowest BCUT2D eigenvalue weighted by Crippen LogP contribution is -2.78. The lowest BCUT2D eigenvalue weighted by molar-refractivity contribution is -0.454. The van der Waals surface area contributed by atoms with Crippen molar-refractivity contribution in [3.05, 3.63) is 0 Å². The molecule has 1 aliphatic carbocycles. The molecule has 1 aliphatic rings. The summed E-state index contributed by atoms with van der Waals surface area (Å²) in [6.45, 7) is 0. The summed E-state index contributed by atoms with van der Waals surface area (Å²) in [5.74, 6) is -15.8. The van der Waals surface area contributed by atoms with Crippen LogP contribution >= 0.6 is 23.5 Å². The number of halogens is 3. The van der Waals surface area contributed by atoms with Crippen molar-refractivity contribution in [2.45, 2.75) is 35.9 Å². The minimum atomic E-state index is -6.26. The van der Waals surface area contributed by atoms with Gasteiger partial charge in [0.25, 0.3) is 0 Å². The lowest BCUT2D eigenvalue weighted by atomic mass is 9.79. The first-order valence-corrected chi connectivity index (χ1v) is 10.5. The lowest BCUT2D eigenvalue weighted by Gasteiger charge is -2.49. The van der Waals surface area contributed by atoms with Crippen molar-refractivity contribution in [1.29, 1.82) is 0 Å². The van der Waals surface area contributed by atoms with Crippen molar-refractivity contribution in [3.8, 4) is 0 Å². The first kappa shape index (κ1) is 25.0. The molecule has 1 rings (SSSR count). The Kier molecular flexibility index (Phi) is 6.54. The summed E-state index contributed by atoms with van der Waals surface area (Å²) >= 11 is 0. The van der Waals surface area contributed by atoms with Gasteiger partial charge in [-0.15, -0.1) is 0 Å². The van der Waals surface area contributed by atoms with Crippen LogP contribution in [-0.2, 0) is 26.8 Å². The zero-order valence-electron chi connectivity index (χ0n) is 12.2. The molecular weight excluding hydrogens is 462 g/mol. The number of phosphoric ester groups is 1. The van der Waals surface area contributed by atoms with Crippen LogP contribution in [0.5, 0.6) is 0 Å². The Morgan fingerprint density at radius 2 is 1.11 bits per heavy atom. The number of aliphatic hydroxyl groups excluding tert-OH is 2. The van der Waals surface area contributed by atoms with Crippen LogP contribution in [0.1, 0.15) is 0 Å². The van der Waals surface area contributed by atoms with E-state index in [0.717, 1.165) is 0 Å². The minimum absolute atomic E-state index is 3.09. The molecule has 0 aromatic rings. The second-order valence-corrected chi connectivity index (χ2v) is 9.39. The Balaban J connectivity index is 3.17. The normalized spacial score (nSPS) is 45.1. The van der Waals surface area contributed by atoms with Crippen LogP contribution in [0.4, 0.5) is 13.2 Å². The van der Waals surface area contributed by atoms with Gasteiger partial charge >= 0.3 is 41.0 Å². The van der Waals surface area contributed by atoms with E-state index in [2.05, 4.69) is 13.1 Å². The zero-order valence-corrected chi connectivity index (χ0v) is 14.9. The summed E-state index contributed by atoms with van der Waals surface area (Å²) in [7, 11) is -18.2. The van der Waals surface area contributed by atoms with Crippen molar-refractivity contribution in [1.82, 2.24) is 0 Å². The molecule has 1 fully saturated rings. The van der Waals surface area contributed by atoms with Crippen LogP contribution in [0.15, 0.2) is 0 Å². The fourth-order valence-electron chi connectivity index (χ4n) is 1.81. The van der Waals surface area contributed by atoms with E-state index in [1.807, 2.05) is 0 Å².